The Bertz CT molecular complexity index is 182. The molecule has 1 rings (SSSR count). The van der Waals surface area contributed by atoms with Gasteiger partial charge in [-0.05, 0) is 31.4 Å². The lowest BCUT2D eigenvalue weighted by molar-refractivity contribution is 0.0295. The fraction of sp³-hybridized carbons (Fsp3) is 1.00. The summed E-state index contributed by atoms with van der Waals surface area (Å²) >= 11 is 2.05. The monoisotopic (exact) mass is 231 g/mol. The van der Waals surface area contributed by atoms with E-state index < -0.39 is 5.60 Å². The predicted molar refractivity (Wildman–Crippen MR) is 68.5 cm³/mol. The number of hydrogen-bond donors (Lipinski definition) is 2. The van der Waals surface area contributed by atoms with Crippen LogP contribution in [0.3, 0.4) is 0 Å². The molecule has 0 aromatic carbocycles. The van der Waals surface area contributed by atoms with Crippen molar-refractivity contribution < 1.29 is 5.11 Å². The number of aliphatic hydroxyl groups is 1. The van der Waals surface area contributed by atoms with Crippen molar-refractivity contribution in [2.24, 2.45) is 0 Å². The Morgan fingerprint density at radius 2 is 2.07 bits per heavy atom. The molecule has 2 atom stereocenters. The van der Waals surface area contributed by atoms with Crippen LogP contribution in [0.2, 0.25) is 0 Å². The van der Waals surface area contributed by atoms with Gasteiger partial charge in [-0.1, -0.05) is 20.8 Å². The molecular weight excluding hydrogens is 206 g/mol. The highest BCUT2D eigenvalue weighted by Gasteiger charge is 2.26. The minimum atomic E-state index is -0.498. The van der Waals surface area contributed by atoms with Gasteiger partial charge < -0.3 is 10.4 Å². The van der Waals surface area contributed by atoms with Crippen LogP contribution in [-0.2, 0) is 0 Å². The van der Waals surface area contributed by atoms with E-state index in [9.17, 15) is 5.11 Å². The molecule has 0 aromatic rings. The molecule has 2 N–H and O–H groups in total. The van der Waals surface area contributed by atoms with Crippen LogP contribution in [0.4, 0.5) is 0 Å². The van der Waals surface area contributed by atoms with Gasteiger partial charge in [-0.15, -0.1) is 0 Å². The average molecular weight is 231 g/mol. The summed E-state index contributed by atoms with van der Waals surface area (Å²) in [6.07, 6.45) is 4.25. The molecule has 0 amide bonds. The first kappa shape index (κ1) is 13.3. The first-order chi connectivity index (χ1) is 7.11. The van der Waals surface area contributed by atoms with Gasteiger partial charge in [0.05, 0.1) is 5.60 Å². The molecule has 2 unspecified atom stereocenters. The molecule has 1 fully saturated rings. The zero-order chi connectivity index (χ0) is 11.3. The molecule has 3 heteroatoms. The second kappa shape index (κ2) is 6.12. The summed E-state index contributed by atoms with van der Waals surface area (Å²) < 4.78 is 0. The van der Waals surface area contributed by atoms with Crippen LogP contribution in [0.15, 0.2) is 0 Å². The van der Waals surface area contributed by atoms with E-state index in [1.807, 2.05) is 11.8 Å². The van der Waals surface area contributed by atoms with Crippen molar-refractivity contribution in [1.82, 2.24) is 5.32 Å². The molecule has 1 saturated heterocycles. The summed E-state index contributed by atoms with van der Waals surface area (Å²) in [5, 5.41) is 14.4. The van der Waals surface area contributed by atoms with E-state index in [-0.39, 0.29) is 0 Å². The first-order valence-electron chi connectivity index (χ1n) is 6.18. The molecule has 0 aromatic heterocycles. The van der Waals surface area contributed by atoms with Crippen molar-refractivity contribution in [3.8, 4) is 0 Å². The smallest absolute Gasteiger partial charge is 0.0766 e. The molecule has 0 radical (unpaired) electrons. The van der Waals surface area contributed by atoms with E-state index in [0.717, 1.165) is 19.4 Å². The fourth-order valence-electron chi connectivity index (χ4n) is 2.01. The number of hydrogen-bond acceptors (Lipinski definition) is 3. The van der Waals surface area contributed by atoms with Crippen LogP contribution in [-0.4, -0.2) is 34.3 Å². The maximum absolute atomic E-state index is 10.2. The van der Waals surface area contributed by atoms with Gasteiger partial charge in [-0.25, -0.2) is 0 Å². The van der Waals surface area contributed by atoms with Crippen LogP contribution in [0.5, 0.6) is 0 Å². The van der Waals surface area contributed by atoms with Crippen molar-refractivity contribution in [3.05, 3.63) is 0 Å². The molecule has 90 valence electrons. The molecule has 0 spiro atoms. The minimum Gasteiger partial charge on any atom is -0.389 e. The Labute approximate surface area is 98.2 Å². The zero-order valence-electron chi connectivity index (χ0n) is 10.3. The lowest BCUT2D eigenvalue weighted by Gasteiger charge is -2.33. The van der Waals surface area contributed by atoms with E-state index in [0.29, 0.717) is 11.3 Å². The number of thioether (sulfide) groups is 1. The van der Waals surface area contributed by atoms with Crippen LogP contribution < -0.4 is 5.32 Å². The van der Waals surface area contributed by atoms with Gasteiger partial charge in [0.1, 0.15) is 0 Å². The van der Waals surface area contributed by atoms with E-state index in [2.05, 4.69) is 26.1 Å². The lowest BCUT2D eigenvalue weighted by atomic mass is 9.96. The largest absolute Gasteiger partial charge is 0.389 e. The summed E-state index contributed by atoms with van der Waals surface area (Å²) in [6, 6.07) is 0.591. The maximum Gasteiger partial charge on any atom is 0.0766 e. The van der Waals surface area contributed by atoms with Crippen molar-refractivity contribution >= 4 is 11.8 Å². The molecular formula is C12H25NOS. The fourth-order valence-corrected chi connectivity index (χ4v) is 3.18. The predicted octanol–water partition coefficient (Wildman–Crippen LogP) is 2.41. The van der Waals surface area contributed by atoms with Crippen LogP contribution in [0.1, 0.15) is 46.5 Å². The van der Waals surface area contributed by atoms with Crippen LogP contribution >= 0.6 is 11.8 Å². The molecule has 15 heavy (non-hydrogen) atoms. The Morgan fingerprint density at radius 1 is 1.40 bits per heavy atom. The van der Waals surface area contributed by atoms with E-state index >= 15 is 0 Å². The summed E-state index contributed by atoms with van der Waals surface area (Å²) in [7, 11) is 0. The zero-order valence-corrected chi connectivity index (χ0v) is 11.1. The van der Waals surface area contributed by atoms with Gasteiger partial charge in [0.15, 0.2) is 0 Å². The Hall–Kier alpha value is 0.270. The average Bonchev–Trinajstić information content (AvgIpc) is 2.28. The minimum absolute atomic E-state index is 0.498. The summed E-state index contributed by atoms with van der Waals surface area (Å²) in [5.41, 5.74) is -0.498. The number of rotatable bonds is 5. The van der Waals surface area contributed by atoms with Crippen molar-refractivity contribution in [2.75, 3.05) is 12.3 Å². The molecule has 0 bridgehead atoms. The van der Waals surface area contributed by atoms with Gasteiger partial charge in [-0.2, -0.15) is 11.8 Å². The van der Waals surface area contributed by atoms with Gasteiger partial charge in [0, 0.05) is 17.8 Å². The third-order valence-electron chi connectivity index (χ3n) is 3.62. The highest BCUT2D eigenvalue weighted by molar-refractivity contribution is 7.99. The van der Waals surface area contributed by atoms with Crippen molar-refractivity contribution in [1.29, 1.82) is 0 Å². The second-order valence-corrected chi connectivity index (χ2v) is 6.12. The lowest BCUT2D eigenvalue weighted by Crippen LogP contribution is -2.47. The van der Waals surface area contributed by atoms with Gasteiger partial charge >= 0.3 is 0 Å². The Morgan fingerprint density at radius 3 is 2.60 bits per heavy atom. The van der Waals surface area contributed by atoms with Crippen LogP contribution in [0, 0.1) is 0 Å². The van der Waals surface area contributed by atoms with E-state index in [1.54, 1.807) is 0 Å². The molecule has 1 aliphatic rings. The van der Waals surface area contributed by atoms with Crippen LogP contribution in [0.25, 0.3) is 0 Å². The molecule has 1 aliphatic heterocycles. The number of nitrogens with one attached hydrogen (secondary N) is 1. The standard InChI is InChI=1S/C12H25NOS/c1-4-12(14,5-2)9-13-11-7-6-8-15-10(11)3/h10-11,13-14H,4-9H2,1-3H3. The summed E-state index contributed by atoms with van der Waals surface area (Å²) in [6.45, 7) is 7.16. The van der Waals surface area contributed by atoms with E-state index in [4.69, 9.17) is 0 Å². The topological polar surface area (TPSA) is 32.3 Å². The first-order valence-corrected chi connectivity index (χ1v) is 7.23. The Kier molecular flexibility index (Phi) is 5.44. The summed E-state index contributed by atoms with van der Waals surface area (Å²) in [4.78, 5) is 0. The van der Waals surface area contributed by atoms with Gasteiger partial charge in [0.2, 0.25) is 0 Å². The highest BCUT2D eigenvalue weighted by atomic mass is 32.2. The summed E-state index contributed by atoms with van der Waals surface area (Å²) in [5.74, 6) is 1.30. The van der Waals surface area contributed by atoms with Crippen molar-refractivity contribution in [2.45, 2.75) is 63.3 Å². The second-order valence-electron chi connectivity index (χ2n) is 4.64. The molecule has 0 aliphatic carbocycles. The van der Waals surface area contributed by atoms with E-state index in [1.165, 1.54) is 18.6 Å². The molecule has 0 saturated carbocycles. The van der Waals surface area contributed by atoms with Gasteiger partial charge in [0.25, 0.3) is 0 Å². The van der Waals surface area contributed by atoms with Crippen molar-refractivity contribution in [3.63, 3.8) is 0 Å². The third-order valence-corrected chi connectivity index (χ3v) is 5.00. The third kappa shape index (κ3) is 3.97. The highest BCUT2D eigenvalue weighted by Crippen LogP contribution is 2.25. The van der Waals surface area contributed by atoms with Gasteiger partial charge in [-0.3, -0.25) is 0 Å². The Balaban J connectivity index is 2.34. The SMILES string of the molecule is CCC(O)(CC)CNC1CCCSC1C. The quantitative estimate of drug-likeness (QED) is 0.762. The molecule has 2 nitrogen and oxygen atoms in total. The maximum atomic E-state index is 10.2. The molecule has 1 heterocycles. The normalized spacial score (nSPS) is 28.0.